The standard InChI is InChI=1S/C16H26N2/c1-4-15-6-8-16(9-7-15)14(3)18-12-10-17(5-2)11-13-18/h6-9,14H,4-5,10-13H2,1-3H3. The highest BCUT2D eigenvalue weighted by Gasteiger charge is 2.20. The van der Waals surface area contributed by atoms with Crippen LogP contribution >= 0.6 is 0 Å². The summed E-state index contributed by atoms with van der Waals surface area (Å²) in [6, 6.07) is 9.70. The van der Waals surface area contributed by atoms with Crippen LogP contribution in [-0.4, -0.2) is 42.5 Å². The van der Waals surface area contributed by atoms with E-state index in [2.05, 4.69) is 54.8 Å². The van der Waals surface area contributed by atoms with Gasteiger partial charge < -0.3 is 4.90 Å². The second-order valence-corrected chi connectivity index (χ2v) is 5.24. The first kappa shape index (κ1) is 13.6. The van der Waals surface area contributed by atoms with Crippen molar-refractivity contribution in [2.75, 3.05) is 32.7 Å². The smallest absolute Gasteiger partial charge is 0.0320 e. The van der Waals surface area contributed by atoms with Crippen molar-refractivity contribution in [3.63, 3.8) is 0 Å². The van der Waals surface area contributed by atoms with Crippen LogP contribution in [0.25, 0.3) is 0 Å². The van der Waals surface area contributed by atoms with Crippen molar-refractivity contribution in [2.45, 2.75) is 33.2 Å². The third-order valence-corrected chi connectivity index (χ3v) is 4.27. The van der Waals surface area contributed by atoms with Gasteiger partial charge in [-0.15, -0.1) is 0 Å². The predicted molar refractivity (Wildman–Crippen MR) is 77.9 cm³/mol. The molecule has 2 rings (SSSR count). The Morgan fingerprint density at radius 1 is 1.00 bits per heavy atom. The van der Waals surface area contributed by atoms with Crippen LogP contribution in [0.1, 0.15) is 37.9 Å². The first-order valence-corrected chi connectivity index (χ1v) is 7.29. The zero-order valence-corrected chi connectivity index (χ0v) is 12.0. The van der Waals surface area contributed by atoms with Gasteiger partial charge in [-0.1, -0.05) is 38.1 Å². The third kappa shape index (κ3) is 3.12. The van der Waals surface area contributed by atoms with Crippen LogP contribution in [0.3, 0.4) is 0 Å². The zero-order valence-electron chi connectivity index (χ0n) is 12.0. The molecule has 0 saturated carbocycles. The Balaban J connectivity index is 1.96. The molecule has 1 aliphatic rings. The molecule has 1 fully saturated rings. The molecule has 0 amide bonds. The number of aryl methyl sites for hydroxylation is 1. The van der Waals surface area contributed by atoms with E-state index in [9.17, 15) is 0 Å². The van der Waals surface area contributed by atoms with Gasteiger partial charge in [0, 0.05) is 32.2 Å². The van der Waals surface area contributed by atoms with E-state index in [1.54, 1.807) is 0 Å². The summed E-state index contributed by atoms with van der Waals surface area (Å²) < 4.78 is 0. The van der Waals surface area contributed by atoms with Crippen molar-refractivity contribution >= 4 is 0 Å². The maximum absolute atomic E-state index is 2.60. The topological polar surface area (TPSA) is 6.48 Å². The SMILES string of the molecule is CCc1ccc(C(C)N2CCN(CC)CC2)cc1. The molecule has 1 aromatic rings. The van der Waals surface area contributed by atoms with Crippen LogP contribution in [0.2, 0.25) is 0 Å². The Morgan fingerprint density at radius 3 is 2.11 bits per heavy atom. The van der Waals surface area contributed by atoms with E-state index in [4.69, 9.17) is 0 Å². The number of hydrogen-bond donors (Lipinski definition) is 0. The second kappa shape index (κ2) is 6.35. The molecule has 1 aromatic carbocycles. The fraction of sp³-hybridized carbons (Fsp3) is 0.625. The van der Waals surface area contributed by atoms with Gasteiger partial charge in [0.2, 0.25) is 0 Å². The summed E-state index contributed by atoms with van der Waals surface area (Å²) in [5, 5.41) is 0. The first-order valence-electron chi connectivity index (χ1n) is 7.29. The van der Waals surface area contributed by atoms with Crippen molar-refractivity contribution in [1.29, 1.82) is 0 Å². The number of rotatable bonds is 4. The van der Waals surface area contributed by atoms with Gasteiger partial charge in [0.1, 0.15) is 0 Å². The lowest BCUT2D eigenvalue weighted by molar-refractivity contribution is 0.106. The summed E-state index contributed by atoms with van der Waals surface area (Å²) in [6.45, 7) is 12.8. The summed E-state index contributed by atoms with van der Waals surface area (Å²) in [6.07, 6.45) is 1.13. The molecule has 0 radical (unpaired) electrons. The molecule has 1 heterocycles. The number of piperazine rings is 1. The zero-order chi connectivity index (χ0) is 13.0. The molecular formula is C16H26N2. The van der Waals surface area contributed by atoms with Crippen molar-refractivity contribution in [2.24, 2.45) is 0 Å². The fourth-order valence-corrected chi connectivity index (χ4v) is 2.71. The van der Waals surface area contributed by atoms with Crippen LogP contribution in [0.15, 0.2) is 24.3 Å². The van der Waals surface area contributed by atoms with Crippen LogP contribution in [-0.2, 0) is 6.42 Å². The minimum absolute atomic E-state index is 0.551. The van der Waals surface area contributed by atoms with Gasteiger partial charge >= 0.3 is 0 Å². The minimum Gasteiger partial charge on any atom is -0.301 e. The average molecular weight is 246 g/mol. The molecule has 1 atom stereocenters. The molecule has 1 unspecified atom stereocenters. The van der Waals surface area contributed by atoms with Crippen molar-refractivity contribution in [3.8, 4) is 0 Å². The Kier molecular flexibility index (Phi) is 4.79. The van der Waals surface area contributed by atoms with Gasteiger partial charge in [0.25, 0.3) is 0 Å². The minimum atomic E-state index is 0.551. The average Bonchev–Trinajstić information content (AvgIpc) is 2.47. The van der Waals surface area contributed by atoms with Gasteiger partial charge in [-0.25, -0.2) is 0 Å². The summed E-state index contributed by atoms with van der Waals surface area (Å²) in [5.74, 6) is 0. The maximum atomic E-state index is 2.60. The van der Waals surface area contributed by atoms with E-state index < -0.39 is 0 Å². The highest BCUT2D eigenvalue weighted by Crippen LogP contribution is 2.22. The lowest BCUT2D eigenvalue weighted by Gasteiger charge is -2.37. The number of benzene rings is 1. The largest absolute Gasteiger partial charge is 0.301 e. The molecule has 0 spiro atoms. The Bertz CT molecular complexity index is 350. The molecule has 1 saturated heterocycles. The normalized spacial score (nSPS) is 19.9. The maximum Gasteiger partial charge on any atom is 0.0320 e. The lowest BCUT2D eigenvalue weighted by atomic mass is 10.0. The molecule has 0 aromatic heterocycles. The summed E-state index contributed by atoms with van der Waals surface area (Å²) >= 11 is 0. The summed E-state index contributed by atoms with van der Waals surface area (Å²) in [4.78, 5) is 5.14. The van der Waals surface area contributed by atoms with E-state index in [0.29, 0.717) is 6.04 Å². The van der Waals surface area contributed by atoms with E-state index >= 15 is 0 Å². The molecule has 0 aliphatic carbocycles. The van der Waals surface area contributed by atoms with Gasteiger partial charge in [0.15, 0.2) is 0 Å². The quantitative estimate of drug-likeness (QED) is 0.806. The van der Waals surface area contributed by atoms with Gasteiger partial charge in [0.05, 0.1) is 0 Å². The molecule has 0 bridgehead atoms. The van der Waals surface area contributed by atoms with Crippen molar-refractivity contribution < 1.29 is 0 Å². The number of hydrogen-bond acceptors (Lipinski definition) is 2. The van der Waals surface area contributed by atoms with E-state index in [1.807, 2.05) is 0 Å². The predicted octanol–water partition coefficient (Wildman–Crippen LogP) is 2.95. The first-order chi connectivity index (χ1) is 8.74. The lowest BCUT2D eigenvalue weighted by Crippen LogP contribution is -2.46. The molecule has 18 heavy (non-hydrogen) atoms. The second-order valence-electron chi connectivity index (χ2n) is 5.24. The van der Waals surface area contributed by atoms with Crippen LogP contribution in [0.4, 0.5) is 0 Å². The number of likely N-dealkylation sites (N-methyl/N-ethyl adjacent to an activating group) is 1. The number of nitrogens with zero attached hydrogens (tertiary/aromatic N) is 2. The van der Waals surface area contributed by atoms with Crippen molar-refractivity contribution in [1.82, 2.24) is 9.80 Å². The highest BCUT2D eigenvalue weighted by molar-refractivity contribution is 5.24. The highest BCUT2D eigenvalue weighted by atomic mass is 15.3. The molecule has 100 valence electrons. The molecule has 2 heteroatoms. The van der Waals surface area contributed by atoms with Crippen LogP contribution in [0.5, 0.6) is 0 Å². The molecule has 2 nitrogen and oxygen atoms in total. The fourth-order valence-electron chi connectivity index (χ4n) is 2.71. The summed E-state index contributed by atoms with van der Waals surface area (Å²) in [7, 11) is 0. The Morgan fingerprint density at radius 2 is 1.61 bits per heavy atom. The Hall–Kier alpha value is -0.860. The summed E-state index contributed by atoms with van der Waals surface area (Å²) in [5.41, 5.74) is 2.89. The third-order valence-electron chi connectivity index (χ3n) is 4.27. The molecular weight excluding hydrogens is 220 g/mol. The van der Waals surface area contributed by atoms with E-state index in [0.717, 1.165) is 6.42 Å². The van der Waals surface area contributed by atoms with Gasteiger partial charge in [-0.05, 0) is 31.0 Å². The van der Waals surface area contributed by atoms with Gasteiger partial charge in [-0.2, -0.15) is 0 Å². The van der Waals surface area contributed by atoms with Crippen LogP contribution in [0, 0.1) is 0 Å². The Labute approximate surface area is 112 Å². The van der Waals surface area contributed by atoms with Crippen molar-refractivity contribution in [3.05, 3.63) is 35.4 Å². The molecule has 0 N–H and O–H groups in total. The van der Waals surface area contributed by atoms with Crippen LogP contribution < -0.4 is 0 Å². The van der Waals surface area contributed by atoms with E-state index in [-0.39, 0.29) is 0 Å². The van der Waals surface area contributed by atoms with E-state index in [1.165, 1.54) is 43.9 Å². The van der Waals surface area contributed by atoms with Gasteiger partial charge in [-0.3, -0.25) is 4.90 Å². The monoisotopic (exact) mass is 246 g/mol. The molecule has 1 aliphatic heterocycles.